The zero-order valence-electron chi connectivity index (χ0n) is 9.43. The van der Waals surface area contributed by atoms with Crippen molar-refractivity contribution >= 4 is 0 Å². The van der Waals surface area contributed by atoms with Crippen molar-refractivity contribution in [3.05, 3.63) is 60.2 Å². The van der Waals surface area contributed by atoms with Crippen LogP contribution in [0.15, 0.2) is 48.8 Å². The molecule has 0 unspecified atom stereocenters. The highest BCUT2D eigenvalue weighted by Crippen LogP contribution is 2.25. The molecule has 0 aliphatic carbocycles. The summed E-state index contributed by atoms with van der Waals surface area (Å²) in [6, 6.07) is 11.9. The molecule has 0 aromatic carbocycles. The first-order chi connectivity index (χ1) is 8.42. The van der Waals surface area contributed by atoms with Gasteiger partial charge in [-0.05, 0) is 24.3 Å². The van der Waals surface area contributed by atoms with E-state index in [0.717, 1.165) is 24.5 Å². The molecule has 3 heterocycles. The SMILES string of the molecule is c1ccc(C2(c3ccccn3)NCCN2)nc1. The second-order valence-electron chi connectivity index (χ2n) is 4.03. The Morgan fingerprint density at radius 2 is 1.35 bits per heavy atom. The summed E-state index contributed by atoms with van der Waals surface area (Å²) in [7, 11) is 0. The summed E-state index contributed by atoms with van der Waals surface area (Å²) in [4.78, 5) is 8.89. The number of aromatic nitrogens is 2. The summed E-state index contributed by atoms with van der Waals surface area (Å²) < 4.78 is 0. The van der Waals surface area contributed by atoms with E-state index in [2.05, 4.69) is 20.6 Å². The Labute approximate surface area is 100 Å². The predicted octanol–water partition coefficient (Wildman–Crippen LogP) is 0.870. The number of hydrogen-bond acceptors (Lipinski definition) is 4. The van der Waals surface area contributed by atoms with Gasteiger partial charge in [-0.25, -0.2) is 0 Å². The van der Waals surface area contributed by atoms with E-state index in [1.807, 2.05) is 48.8 Å². The maximum Gasteiger partial charge on any atom is 0.156 e. The Morgan fingerprint density at radius 1 is 0.824 bits per heavy atom. The van der Waals surface area contributed by atoms with Crippen LogP contribution in [-0.4, -0.2) is 23.1 Å². The van der Waals surface area contributed by atoms with Crippen molar-refractivity contribution in [3.63, 3.8) is 0 Å². The molecule has 86 valence electrons. The van der Waals surface area contributed by atoms with Crippen LogP contribution in [0.4, 0.5) is 0 Å². The van der Waals surface area contributed by atoms with E-state index in [9.17, 15) is 0 Å². The molecule has 3 rings (SSSR count). The molecule has 0 saturated carbocycles. The molecule has 17 heavy (non-hydrogen) atoms. The molecule has 0 amide bonds. The quantitative estimate of drug-likeness (QED) is 0.798. The number of rotatable bonds is 2. The molecule has 2 N–H and O–H groups in total. The van der Waals surface area contributed by atoms with Crippen LogP contribution in [-0.2, 0) is 5.66 Å². The van der Waals surface area contributed by atoms with E-state index in [0.29, 0.717) is 0 Å². The van der Waals surface area contributed by atoms with Gasteiger partial charge in [0.25, 0.3) is 0 Å². The van der Waals surface area contributed by atoms with Crippen molar-refractivity contribution in [2.75, 3.05) is 13.1 Å². The summed E-state index contributed by atoms with van der Waals surface area (Å²) in [5, 5.41) is 6.93. The minimum Gasteiger partial charge on any atom is -0.288 e. The molecule has 4 nitrogen and oxygen atoms in total. The fourth-order valence-corrected chi connectivity index (χ4v) is 2.23. The lowest BCUT2D eigenvalue weighted by atomic mass is 10.0. The molecule has 1 saturated heterocycles. The number of nitrogens with one attached hydrogen (secondary N) is 2. The molecule has 0 atom stereocenters. The lowest BCUT2D eigenvalue weighted by Gasteiger charge is -2.28. The van der Waals surface area contributed by atoms with Crippen molar-refractivity contribution in [3.8, 4) is 0 Å². The standard InChI is InChI=1S/C13H14N4/c1-3-7-14-11(5-1)13(16-9-10-17-13)12-6-2-4-8-15-12/h1-8,16-17H,9-10H2. The lowest BCUT2D eigenvalue weighted by Crippen LogP contribution is -2.48. The lowest BCUT2D eigenvalue weighted by molar-refractivity contribution is 0.400. The van der Waals surface area contributed by atoms with Crippen molar-refractivity contribution in [2.45, 2.75) is 5.66 Å². The summed E-state index contributed by atoms with van der Waals surface area (Å²) in [5.41, 5.74) is 1.47. The normalized spacial score (nSPS) is 18.1. The molecule has 2 aromatic rings. The Balaban J connectivity index is 2.11. The summed E-state index contributed by atoms with van der Waals surface area (Å²) in [6.45, 7) is 1.82. The topological polar surface area (TPSA) is 49.8 Å². The molecular formula is C13H14N4. The number of pyridine rings is 2. The second kappa shape index (κ2) is 4.24. The van der Waals surface area contributed by atoms with Crippen LogP contribution in [0.25, 0.3) is 0 Å². The monoisotopic (exact) mass is 226 g/mol. The highest BCUT2D eigenvalue weighted by Gasteiger charge is 2.39. The van der Waals surface area contributed by atoms with Crippen LogP contribution in [0, 0.1) is 0 Å². The van der Waals surface area contributed by atoms with E-state index in [-0.39, 0.29) is 0 Å². The summed E-state index contributed by atoms with van der Waals surface area (Å²) in [5.74, 6) is 0. The average molecular weight is 226 g/mol. The van der Waals surface area contributed by atoms with Gasteiger partial charge in [0.2, 0.25) is 0 Å². The van der Waals surface area contributed by atoms with Crippen molar-refractivity contribution in [1.29, 1.82) is 0 Å². The first-order valence-electron chi connectivity index (χ1n) is 5.75. The second-order valence-corrected chi connectivity index (χ2v) is 4.03. The van der Waals surface area contributed by atoms with Crippen molar-refractivity contribution in [2.24, 2.45) is 0 Å². The van der Waals surface area contributed by atoms with Gasteiger partial charge in [0.05, 0.1) is 11.4 Å². The van der Waals surface area contributed by atoms with Crippen LogP contribution in [0.2, 0.25) is 0 Å². The fourth-order valence-electron chi connectivity index (χ4n) is 2.23. The van der Waals surface area contributed by atoms with Gasteiger partial charge in [-0.1, -0.05) is 12.1 Å². The van der Waals surface area contributed by atoms with Crippen LogP contribution in [0.1, 0.15) is 11.4 Å². The van der Waals surface area contributed by atoms with Gasteiger partial charge < -0.3 is 0 Å². The van der Waals surface area contributed by atoms with Gasteiger partial charge in [-0.2, -0.15) is 0 Å². The van der Waals surface area contributed by atoms with Crippen LogP contribution < -0.4 is 10.6 Å². The molecule has 0 bridgehead atoms. The minimum absolute atomic E-state index is 0.442. The van der Waals surface area contributed by atoms with E-state index in [1.165, 1.54) is 0 Å². The van der Waals surface area contributed by atoms with Gasteiger partial charge in [0.15, 0.2) is 5.66 Å². The highest BCUT2D eigenvalue weighted by atomic mass is 15.3. The predicted molar refractivity (Wildman–Crippen MR) is 65.3 cm³/mol. The van der Waals surface area contributed by atoms with Crippen LogP contribution in [0.5, 0.6) is 0 Å². The molecule has 0 radical (unpaired) electrons. The van der Waals surface area contributed by atoms with E-state index in [4.69, 9.17) is 0 Å². The largest absolute Gasteiger partial charge is 0.288 e. The third kappa shape index (κ3) is 1.71. The van der Waals surface area contributed by atoms with E-state index in [1.54, 1.807) is 0 Å². The average Bonchev–Trinajstić information content (AvgIpc) is 2.91. The summed E-state index contributed by atoms with van der Waals surface area (Å²) in [6.07, 6.45) is 3.61. The van der Waals surface area contributed by atoms with Crippen molar-refractivity contribution in [1.82, 2.24) is 20.6 Å². The third-order valence-corrected chi connectivity index (χ3v) is 3.00. The minimum atomic E-state index is -0.442. The molecule has 2 aromatic heterocycles. The third-order valence-electron chi connectivity index (χ3n) is 3.00. The molecule has 4 heteroatoms. The Morgan fingerprint density at radius 3 is 1.76 bits per heavy atom. The van der Waals surface area contributed by atoms with Gasteiger partial charge in [0, 0.05) is 25.5 Å². The fraction of sp³-hybridized carbons (Fsp3) is 0.231. The highest BCUT2D eigenvalue weighted by molar-refractivity contribution is 5.30. The molecule has 0 spiro atoms. The van der Waals surface area contributed by atoms with Crippen LogP contribution in [0.3, 0.4) is 0 Å². The Bertz CT molecular complexity index is 436. The number of nitrogens with zero attached hydrogens (tertiary/aromatic N) is 2. The first-order valence-corrected chi connectivity index (χ1v) is 5.75. The Hall–Kier alpha value is -1.78. The number of hydrogen-bond donors (Lipinski definition) is 2. The van der Waals surface area contributed by atoms with Gasteiger partial charge in [-0.15, -0.1) is 0 Å². The maximum absolute atomic E-state index is 4.44. The smallest absolute Gasteiger partial charge is 0.156 e. The van der Waals surface area contributed by atoms with E-state index >= 15 is 0 Å². The molecule has 1 fully saturated rings. The zero-order valence-corrected chi connectivity index (χ0v) is 9.43. The molecular weight excluding hydrogens is 212 g/mol. The Kier molecular flexibility index (Phi) is 2.59. The van der Waals surface area contributed by atoms with Gasteiger partial charge >= 0.3 is 0 Å². The summed E-state index contributed by atoms with van der Waals surface area (Å²) >= 11 is 0. The van der Waals surface area contributed by atoms with E-state index < -0.39 is 5.66 Å². The zero-order chi connectivity index (χ0) is 11.6. The first kappa shape index (κ1) is 10.4. The maximum atomic E-state index is 4.44. The molecule has 1 aliphatic heterocycles. The van der Waals surface area contributed by atoms with Gasteiger partial charge in [-0.3, -0.25) is 20.6 Å². The van der Waals surface area contributed by atoms with Crippen molar-refractivity contribution < 1.29 is 0 Å². The van der Waals surface area contributed by atoms with Crippen LogP contribution >= 0.6 is 0 Å². The van der Waals surface area contributed by atoms with Gasteiger partial charge in [0.1, 0.15) is 0 Å². The molecule has 1 aliphatic rings.